The molecule has 3 rings (SSSR count). The number of hydrogen-bond acceptors (Lipinski definition) is 4. The molecule has 1 N–H and O–H groups in total. The molecule has 0 saturated carbocycles. The maximum absolute atomic E-state index is 12.5. The Kier molecular flexibility index (Phi) is 3.70. The third-order valence-corrected chi connectivity index (χ3v) is 3.85. The van der Waals surface area contributed by atoms with E-state index in [4.69, 9.17) is 0 Å². The Morgan fingerprint density at radius 2 is 2.14 bits per heavy atom. The van der Waals surface area contributed by atoms with Crippen LogP contribution in [0, 0.1) is 0 Å². The fourth-order valence-electron chi connectivity index (χ4n) is 2.76. The minimum absolute atomic E-state index is 0.185. The lowest BCUT2D eigenvalue weighted by Crippen LogP contribution is -2.41. The lowest BCUT2D eigenvalue weighted by atomic mass is 10.0. The Morgan fingerprint density at radius 1 is 1.38 bits per heavy atom. The first-order valence-electron chi connectivity index (χ1n) is 7.04. The van der Waals surface area contributed by atoms with Gasteiger partial charge in [-0.15, -0.1) is 5.10 Å². The van der Waals surface area contributed by atoms with E-state index in [0.717, 1.165) is 5.56 Å². The Balaban J connectivity index is 1.79. The molecule has 1 fully saturated rings. The number of aliphatic hydroxyl groups is 1. The largest absolute Gasteiger partial charge is 0.391 e. The zero-order valence-corrected chi connectivity index (χ0v) is 11.9. The van der Waals surface area contributed by atoms with E-state index < -0.39 is 6.10 Å². The van der Waals surface area contributed by atoms with Gasteiger partial charge in [-0.05, 0) is 18.4 Å². The number of rotatable bonds is 3. The van der Waals surface area contributed by atoms with Crippen molar-refractivity contribution in [2.75, 3.05) is 6.54 Å². The van der Waals surface area contributed by atoms with Crippen molar-refractivity contribution in [3.8, 4) is 0 Å². The van der Waals surface area contributed by atoms with Gasteiger partial charge in [0.25, 0.3) is 5.91 Å². The van der Waals surface area contributed by atoms with Crippen molar-refractivity contribution in [2.45, 2.75) is 25.0 Å². The summed E-state index contributed by atoms with van der Waals surface area (Å²) >= 11 is 0. The van der Waals surface area contributed by atoms with E-state index >= 15 is 0 Å². The molecule has 2 heterocycles. The number of aryl methyl sites for hydroxylation is 1. The molecule has 21 heavy (non-hydrogen) atoms. The van der Waals surface area contributed by atoms with Crippen molar-refractivity contribution >= 4 is 5.91 Å². The summed E-state index contributed by atoms with van der Waals surface area (Å²) in [7, 11) is 1.73. The SMILES string of the molecule is Cn1cnc(C(=O)N2CC[C@H](O)[C@@H]2Cc2ccccc2)n1. The number of amides is 1. The third-order valence-electron chi connectivity index (χ3n) is 3.85. The average Bonchev–Trinajstić information content (AvgIpc) is 3.07. The highest BCUT2D eigenvalue weighted by Crippen LogP contribution is 2.23. The monoisotopic (exact) mass is 286 g/mol. The van der Waals surface area contributed by atoms with E-state index in [1.807, 2.05) is 30.3 Å². The standard InChI is InChI=1S/C15H18N4O2/c1-18-10-16-14(17-18)15(21)19-8-7-13(20)12(19)9-11-5-3-2-4-6-11/h2-6,10,12-13,20H,7-9H2,1H3/t12-,13-/m0/s1. The molecule has 0 spiro atoms. The summed E-state index contributed by atoms with van der Waals surface area (Å²) in [6.45, 7) is 0.537. The number of carbonyl (C=O) groups is 1. The maximum atomic E-state index is 12.5. The van der Waals surface area contributed by atoms with Crippen LogP contribution >= 0.6 is 0 Å². The van der Waals surface area contributed by atoms with Crippen LogP contribution in [-0.2, 0) is 13.5 Å². The van der Waals surface area contributed by atoms with E-state index in [1.54, 1.807) is 11.9 Å². The van der Waals surface area contributed by atoms with Gasteiger partial charge in [0, 0.05) is 13.6 Å². The van der Waals surface area contributed by atoms with Gasteiger partial charge in [-0.2, -0.15) is 0 Å². The van der Waals surface area contributed by atoms with Gasteiger partial charge in [-0.25, -0.2) is 4.98 Å². The van der Waals surface area contributed by atoms with Crippen molar-refractivity contribution in [1.82, 2.24) is 19.7 Å². The molecule has 1 aliphatic heterocycles. The summed E-state index contributed by atoms with van der Waals surface area (Å²) in [5.41, 5.74) is 1.11. The van der Waals surface area contributed by atoms with Crippen LogP contribution in [0.15, 0.2) is 36.7 Å². The average molecular weight is 286 g/mol. The lowest BCUT2D eigenvalue weighted by molar-refractivity contribution is 0.0628. The Labute approximate surface area is 123 Å². The van der Waals surface area contributed by atoms with Crippen molar-refractivity contribution in [1.29, 1.82) is 0 Å². The summed E-state index contributed by atoms with van der Waals surface area (Å²) < 4.78 is 1.51. The minimum Gasteiger partial charge on any atom is -0.391 e. The van der Waals surface area contributed by atoms with E-state index in [1.165, 1.54) is 11.0 Å². The highest BCUT2D eigenvalue weighted by atomic mass is 16.3. The van der Waals surface area contributed by atoms with Gasteiger partial charge in [0.1, 0.15) is 6.33 Å². The quantitative estimate of drug-likeness (QED) is 0.898. The van der Waals surface area contributed by atoms with Crippen LogP contribution in [0.5, 0.6) is 0 Å². The van der Waals surface area contributed by atoms with Gasteiger partial charge in [-0.1, -0.05) is 30.3 Å². The third kappa shape index (κ3) is 2.80. The number of aliphatic hydroxyl groups excluding tert-OH is 1. The molecule has 110 valence electrons. The second-order valence-corrected chi connectivity index (χ2v) is 5.35. The van der Waals surface area contributed by atoms with Crippen molar-refractivity contribution < 1.29 is 9.90 Å². The Hall–Kier alpha value is -2.21. The molecule has 0 radical (unpaired) electrons. The zero-order valence-electron chi connectivity index (χ0n) is 11.9. The number of likely N-dealkylation sites (tertiary alicyclic amines) is 1. The normalized spacial score (nSPS) is 21.7. The first-order valence-corrected chi connectivity index (χ1v) is 7.04. The molecule has 1 aromatic heterocycles. The van der Waals surface area contributed by atoms with Gasteiger partial charge < -0.3 is 10.0 Å². The summed E-state index contributed by atoms with van der Waals surface area (Å²) in [5.74, 6) is -0.0299. The smallest absolute Gasteiger partial charge is 0.293 e. The van der Waals surface area contributed by atoms with E-state index in [2.05, 4.69) is 10.1 Å². The van der Waals surface area contributed by atoms with Crippen molar-refractivity contribution in [3.05, 3.63) is 48.0 Å². The minimum atomic E-state index is -0.502. The van der Waals surface area contributed by atoms with Gasteiger partial charge in [-0.3, -0.25) is 9.48 Å². The predicted molar refractivity (Wildman–Crippen MR) is 76.6 cm³/mol. The molecule has 2 aromatic rings. The highest BCUT2D eigenvalue weighted by molar-refractivity contribution is 5.90. The molecule has 1 amide bonds. The Morgan fingerprint density at radius 3 is 2.81 bits per heavy atom. The first-order chi connectivity index (χ1) is 10.1. The first kappa shape index (κ1) is 13.8. The molecule has 1 saturated heterocycles. The number of aromatic nitrogens is 3. The van der Waals surface area contributed by atoms with Crippen LogP contribution in [0.1, 0.15) is 22.6 Å². The summed E-state index contributed by atoms with van der Waals surface area (Å²) in [6, 6.07) is 9.67. The second-order valence-electron chi connectivity index (χ2n) is 5.35. The summed E-state index contributed by atoms with van der Waals surface area (Å²) in [5, 5.41) is 14.2. The van der Waals surface area contributed by atoms with Crippen LogP contribution in [0.3, 0.4) is 0 Å². The summed E-state index contributed by atoms with van der Waals surface area (Å²) in [6.07, 6.45) is 2.24. The fourth-order valence-corrected chi connectivity index (χ4v) is 2.76. The van der Waals surface area contributed by atoms with Gasteiger partial charge in [0.05, 0.1) is 12.1 Å². The predicted octanol–water partition coefficient (Wildman–Crippen LogP) is 0.633. The molecule has 0 bridgehead atoms. The van der Waals surface area contributed by atoms with Crippen LogP contribution in [0.4, 0.5) is 0 Å². The molecule has 1 aromatic carbocycles. The van der Waals surface area contributed by atoms with Crippen molar-refractivity contribution in [3.63, 3.8) is 0 Å². The molecule has 1 aliphatic rings. The number of hydrogen-bond donors (Lipinski definition) is 1. The molecule has 0 aliphatic carbocycles. The number of nitrogens with zero attached hydrogens (tertiary/aromatic N) is 4. The molecule has 2 atom stereocenters. The Bertz CT molecular complexity index is 626. The number of carbonyl (C=O) groups excluding carboxylic acids is 1. The van der Waals surface area contributed by atoms with Gasteiger partial charge in [0.2, 0.25) is 5.82 Å². The zero-order chi connectivity index (χ0) is 14.8. The molecule has 0 unspecified atom stereocenters. The van der Waals surface area contributed by atoms with E-state index in [9.17, 15) is 9.90 Å². The lowest BCUT2D eigenvalue weighted by Gasteiger charge is -2.25. The molecule has 6 nitrogen and oxygen atoms in total. The topological polar surface area (TPSA) is 71.2 Å². The van der Waals surface area contributed by atoms with Crippen LogP contribution < -0.4 is 0 Å². The van der Waals surface area contributed by atoms with E-state index in [-0.39, 0.29) is 17.8 Å². The highest BCUT2D eigenvalue weighted by Gasteiger charge is 2.37. The summed E-state index contributed by atoms with van der Waals surface area (Å²) in [4.78, 5) is 18.2. The van der Waals surface area contributed by atoms with Crippen LogP contribution in [0.25, 0.3) is 0 Å². The fraction of sp³-hybridized carbons (Fsp3) is 0.400. The van der Waals surface area contributed by atoms with Crippen LogP contribution in [-0.4, -0.2) is 49.4 Å². The van der Waals surface area contributed by atoms with Gasteiger partial charge in [0.15, 0.2) is 0 Å². The van der Waals surface area contributed by atoms with E-state index in [0.29, 0.717) is 19.4 Å². The second kappa shape index (κ2) is 5.65. The number of benzene rings is 1. The van der Waals surface area contributed by atoms with Crippen molar-refractivity contribution in [2.24, 2.45) is 7.05 Å². The van der Waals surface area contributed by atoms with Crippen LogP contribution in [0.2, 0.25) is 0 Å². The van der Waals surface area contributed by atoms with Gasteiger partial charge >= 0.3 is 0 Å². The maximum Gasteiger partial charge on any atom is 0.293 e. The molecular weight excluding hydrogens is 268 g/mol. The molecule has 6 heteroatoms. The molecular formula is C15H18N4O2.